The van der Waals surface area contributed by atoms with Gasteiger partial charge in [-0.3, -0.25) is 4.79 Å². The lowest BCUT2D eigenvalue weighted by Gasteiger charge is -2.14. The van der Waals surface area contributed by atoms with E-state index in [4.69, 9.17) is 0 Å². The summed E-state index contributed by atoms with van der Waals surface area (Å²) in [7, 11) is 0. The molecule has 1 unspecified atom stereocenters. The van der Waals surface area contributed by atoms with E-state index in [1.807, 2.05) is 12.3 Å². The van der Waals surface area contributed by atoms with E-state index in [2.05, 4.69) is 35.1 Å². The maximum atomic E-state index is 11.7. The average Bonchev–Trinajstić information content (AvgIpc) is 2.25. The predicted octanol–water partition coefficient (Wildman–Crippen LogP) is 2.25. The minimum Gasteiger partial charge on any atom is -0.316 e. The van der Waals surface area contributed by atoms with E-state index in [0.717, 1.165) is 26.1 Å². The molecular weight excluding hydrogens is 268 g/mol. The molecule has 0 bridgehead atoms. The van der Waals surface area contributed by atoms with E-state index in [0.29, 0.717) is 10.4 Å². The lowest BCUT2D eigenvalue weighted by atomic mass is 10.2. The van der Waals surface area contributed by atoms with Gasteiger partial charge >= 0.3 is 0 Å². The monoisotopic (exact) mass is 286 g/mol. The third kappa shape index (κ3) is 4.10. The molecule has 16 heavy (non-hydrogen) atoms. The van der Waals surface area contributed by atoms with E-state index >= 15 is 0 Å². The minimum atomic E-state index is 0.0461. The van der Waals surface area contributed by atoms with Crippen molar-refractivity contribution in [3.8, 4) is 0 Å². The number of halogens is 1. The number of nitrogens with one attached hydrogen (secondary N) is 1. The molecule has 1 aromatic rings. The molecule has 90 valence electrons. The number of nitrogens with zero attached hydrogens (tertiary/aromatic N) is 1. The summed E-state index contributed by atoms with van der Waals surface area (Å²) in [5, 5.41) is 3.36. The highest BCUT2D eigenvalue weighted by Crippen LogP contribution is 2.03. The lowest BCUT2D eigenvalue weighted by molar-refractivity contribution is 0.438. The molecule has 0 aliphatic heterocycles. The molecule has 0 radical (unpaired) electrons. The fourth-order valence-electron chi connectivity index (χ4n) is 1.58. The molecule has 0 aliphatic carbocycles. The SMILES string of the molecule is CCCNCC(C)Cn1cccc(Br)c1=O. The summed E-state index contributed by atoms with van der Waals surface area (Å²) in [4.78, 5) is 11.7. The third-order valence-corrected chi connectivity index (χ3v) is 3.01. The molecule has 1 aromatic heterocycles. The maximum Gasteiger partial charge on any atom is 0.264 e. The van der Waals surface area contributed by atoms with Crippen molar-refractivity contribution in [1.82, 2.24) is 9.88 Å². The molecule has 0 spiro atoms. The van der Waals surface area contributed by atoms with Crippen LogP contribution in [0.2, 0.25) is 0 Å². The van der Waals surface area contributed by atoms with E-state index in [-0.39, 0.29) is 5.56 Å². The van der Waals surface area contributed by atoms with Crippen LogP contribution < -0.4 is 10.9 Å². The Morgan fingerprint density at radius 1 is 1.56 bits per heavy atom. The van der Waals surface area contributed by atoms with Gasteiger partial charge in [-0.2, -0.15) is 0 Å². The van der Waals surface area contributed by atoms with Crippen LogP contribution in [0.3, 0.4) is 0 Å². The first kappa shape index (κ1) is 13.5. The highest BCUT2D eigenvalue weighted by Gasteiger charge is 2.05. The summed E-state index contributed by atoms with van der Waals surface area (Å²) in [5.41, 5.74) is 0.0461. The molecule has 1 rings (SSSR count). The van der Waals surface area contributed by atoms with E-state index in [1.54, 1.807) is 10.6 Å². The molecule has 0 fully saturated rings. The van der Waals surface area contributed by atoms with Crippen LogP contribution in [-0.2, 0) is 6.54 Å². The Morgan fingerprint density at radius 3 is 3.00 bits per heavy atom. The fraction of sp³-hybridized carbons (Fsp3) is 0.583. The Bertz CT molecular complexity index is 376. The zero-order chi connectivity index (χ0) is 12.0. The van der Waals surface area contributed by atoms with Crippen molar-refractivity contribution in [1.29, 1.82) is 0 Å². The quantitative estimate of drug-likeness (QED) is 0.814. The summed E-state index contributed by atoms with van der Waals surface area (Å²) in [5.74, 6) is 0.457. The fourth-order valence-corrected chi connectivity index (χ4v) is 1.96. The summed E-state index contributed by atoms with van der Waals surface area (Å²) in [6, 6.07) is 3.66. The maximum absolute atomic E-state index is 11.7. The van der Waals surface area contributed by atoms with E-state index < -0.39 is 0 Å². The molecule has 1 N–H and O–H groups in total. The third-order valence-electron chi connectivity index (χ3n) is 2.40. The van der Waals surface area contributed by atoms with Crippen LogP contribution in [0.25, 0.3) is 0 Å². The normalized spacial score (nSPS) is 12.7. The summed E-state index contributed by atoms with van der Waals surface area (Å²) in [6.07, 6.45) is 2.98. The molecular formula is C12H19BrN2O. The summed E-state index contributed by atoms with van der Waals surface area (Å²) >= 11 is 3.25. The van der Waals surface area contributed by atoms with Gasteiger partial charge in [0.2, 0.25) is 0 Å². The van der Waals surface area contributed by atoms with Gasteiger partial charge in [-0.15, -0.1) is 0 Å². The molecule has 4 heteroatoms. The van der Waals surface area contributed by atoms with Crippen LogP contribution in [0.1, 0.15) is 20.3 Å². The molecule has 0 aromatic carbocycles. The van der Waals surface area contributed by atoms with Crippen LogP contribution in [0.5, 0.6) is 0 Å². The number of rotatable bonds is 6. The smallest absolute Gasteiger partial charge is 0.264 e. The second-order valence-electron chi connectivity index (χ2n) is 4.12. The number of aromatic nitrogens is 1. The second-order valence-corrected chi connectivity index (χ2v) is 4.98. The second kappa shape index (κ2) is 6.86. The van der Waals surface area contributed by atoms with Crippen molar-refractivity contribution in [3.05, 3.63) is 33.2 Å². The van der Waals surface area contributed by atoms with Crippen molar-refractivity contribution in [3.63, 3.8) is 0 Å². The predicted molar refractivity (Wildman–Crippen MR) is 70.7 cm³/mol. The van der Waals surface area contributed by atoms with Crippen LogP contribution >= 0.6 is 15.9 Å². The van der Waals surface area contributed by atoms with Gasteiger partial charge in [0.15, 0.2) is 0 Å². The summed E-state index contributed by atoms with van der Waals surface area (Å²) in [6.45, 7) is 7.05. The van der Waals surface area contributed by atoms with Gasteiger partial charge in [-0.25, -0.2) is 0 Å². The highest BCUT2D eigenvalue weighted by atomic mass is 79.9. The van der Waals surface area contributed by atoms with Gasteiger partial charge in [0, 0.05) is 12.7 Å². The summed E-state index contributed by atoms with van der Waals surface area (Å²) < 4.78 is 2.38. The van der Waals surface area contributed by atoms with Crippen LogP contribution in [-0.4, -0.2) is 17.7 Å². The topological polar surface area (TPSA) is 34.0 Å². The van der Waals surface area contributed by atoms with Crippen molar-refractivity contribution < 1.29 is 0 Å². The van der Waals surface area contributed by atoms with Crippen LogP contribution in [0, 0.1) is 5.92 Å². The van der Waals surface area contributed by atoms with Gasteiger partial charge in [-0.1, -0.05) is 13.8 Å². The first-order valence-corrected chi connectivity index (χ1v) is 6.50. The highest BCUT2D eigenvalue weighted by molar-refractivity contribution is 9.10. The Balaban J connectivity index is 2.53. The largest absolute Gasteiger partial charge is 0.316 e. The van der Waals surface area contributed by atoms with Crippen molar-refractivity contribution >= 4 is 15.9 Å². The van der Waals surface area contributed by atoms with Gasteiger partial charge < -0.3 is 9.88 Å². The molecule has 1 atom stereocenters. The Labute approximate surface area is 105 Å². The number of pyridine rings is 1. The molecule has 0 aliphatic rings. The lowest BCUT2D eigenvalue weighted by Crippen LogP contribution is -2.29. The van der Waals surface area contributed by atoms with Gasteiger partial charge in [0.1, 0.15) is 0 Å². The van der Waals surface area contributed by atoms with E-state index in [1.165, 1.54) is 0 Å². The minimum absolute atomic E-state index is 0.0461. The van der Waals surface area contributed by atoms with Crippen LogP contribution in [0.15, 0.2) is 27.6 Å². The van der Waals surface area contributed by atoms with E-state index in [9.17, 15) is 4.79 Å². The van der Waals surface area contributed by atoms with Crippen molar-refractivity contribution in [2.75, 3.05) is 13.1 Å². The Kier molecular flexibility index (Phi) is 5.77. The van der Waals surface area contributed by atoms with Crippen molar-refractivity contribution in [2.45, 2.75) is 26.8 Å². The average molecular weight is 287 g/mol. The van der Waals surface area contributed by atoms with Gasteiger partial charge in [0.05, 0.1) is 4.47 Å². The number of hydrogen-bond acceptors (Lipinski definition) is 2. The first-order valence-electron chi connectivity index (χ1n) is 5.70. The molecule has 0 saturated heterocycles. The zero-order valence-electron chi connectivity index (χ0n) is 9.87. The number of hydrogen-bond donors (Lipinski definition) is 1. The Hall–Kier alpha value is -0.610. The van der Waals surface area contributed by atoms with Gasteiger partial charge in [0.25, 0.3) is 5.56 Å². The molecule has 1 heterocycles. The van der Waals surface area contributed by atoms with Crippen molar-refractivity contribution in [2.24, 2.45) is 5.92 Å². The van der Waals surface area contributed by atoms with Crippen LogP contribution in [0.4, 0.5) is 0 Å². The molecule has 0 amide bonds. The Morgan fingerprint density at radius 2 is 2.31 bits per heavy atom. The molecule has 0 saturated carbocycles. The molecule has 3 nitrogen and oxygen atoms in total. The standard InChI is InChI=1S/C12H19BrN2O/c1-3-6-14-8-10(2)9-15-7-4-5-11(13)12(15)16/h4-5,7,10,14H,3,6,8-9H2,1-2H3. The first-order chi connectivity index (χ1) is 7.65. The zero-order valence-corrected chi connectivity index (χ0v) is 11.5. The van der Waals surface area contributed by atoms with Gasteiger partial charge in [-0.05, 0) is 53.5 Å².